The zero-order valence-corrected chi connectivity index (χ0v) is 14.5. The molecule has 124 valence electrons. The second kappa shape index (κ2) is 9.01. The zero-order chi connectivity index (χ0) is 15.2. The molecule has 1 unspecified atom stereocenters. The molecule has 1 aromatic rings. The first-order chi connectivity index (χ1) is 10.1. The van der Waals surface area contributed by atoms with Crippen LogP contribution in [0.4, 0.5) is 0 Å². The highest BCUT2D eigenvalue weighted by Crippen LogP contribution is 2.17. The summed E-state index contributed by atoms with van der Waals surface area (Å²) in [4.78, 5) is 14.4. The molecule has 1 saturated heterocycles. The van der Waals surface area contributed by atoms with Crippen LogP contribution in [0.2, 0.25) is 0 Å². The van der Waals surface area contributed by atoms with Crippen LogP contribution in [-0.4, -0.2) is 43.1 Å². The summed E-state index contributed by atoms with van der Waals surface area (Å²) >= 11 is 0. The molecule has 0 saturated carbocycles. The number of carbonyl (C=O) groups is 1. The summed E-state index contributed by atoms with van der Waals surface area (Å²) in [6.45, 7) is 9.05. The van der Waals surface area contributed by atoms with Gasteiger partial charge >= 0.3 is 0 Å². The van der Waals surface area contributed by atoms with E-state index < -0.39 is 0 Å². The first-order valence-corrected chi connectivity index (χ1v) is 7.82. The average Bonchev–Trinajstić information content (AvgIpc) is 2.99. The van der Waals surface area contributed by atoms with Gasteiger partial charge in [0.2, 0.25) is 0 Å². The number of benzene rings is 1. The number of carbonyl (C=O) groups excluding carboxylic acids is 1. The molecule has 0 bridgehead atoms. The minimum absolute atomic E-state index is 0. The van der Waals surface area contributed by atoms with E-state index in [-0.39, 0.29) is 24.9 Å². The maximum atomic E-state index is 12.4. The van der Waals surface area contributed by atoms with Crippen molar-refractivity contribution in [3.63, 3.8) is 0 Å². The van der Waals surface area contributed by atoms with Gasteiger partial charge in [-0.15, -0.1) is 12.4 Å². The maximum Gasteiger partial charge on any atom is 0.260 e. The molecule has 1 heterocycles. The molecule has 1 aliphatic rings. The van der Waals surface area contributed by atoms with E-state index in [1.807, 2.05) is 23.1 Å². The molecule has 1 atom stereocenters. The SMILES string of the molecule is CCCN(C(=O)COc1ccc(C)c(C)c1)C1CCNC1.Cl. The number of hydrogen-bond donors (Lipinski definition) is 1. The van der Waals surface area contributed by atoms with Gasteiger partial charge in [-0.1, -0.05) is 13.0 Å². The molecule has 1 aromatic carbocycles. The molecule has 1 aliphatic heterocycles. The molecule has 1 fully saturated rings. The maximum absolute atomic E-state index is 12.4. The molecule has 4 nitrogen and oxygen atoms in total. The Morgan fingerprint density at radius 3 is 2.73 bits per heavy atom. The van der Waals surface area contributed by atoms with Crippen LogP contribution in [0.3, 0.4) is 0 Å². The molecule has 2 rings (SSSR count). The van der Waals surface area contributed by atoms with Crippen molar-refractivity contribution >= 4 is 18.3 Å². The number of rotatable bonds is 6. The predicted octanol–water partition coefficient (Wildman–Crippen LogP) is 2.70. The van der Waals surface area contributed by atoms with Crippen LogP contribution in [0.25, 0.3) is 0 Å². The Morgan fingerprint density at radius 2 is 2.14 bits per heavy atom. The van der Waals surface area contributed by atoms with E-state index in [2.05, 4.69) is 26.1 Å². The Hall–Kier alpha value is -1.26. The van der Waals surface area contributed by atoms with Gasteiger partial charge in [-0.25, -0.2) is 0 Å². The van der Waals surface area contributed by atoms with Gasteiger partial charge in [0.15, 0.2) is 6.61 Å². The number of hydrogen-bond acceptors (Lipinski definition) is 3. The lowest BCUT2D eigenvalue weighted by atomic mass is 10.1. The molecule has 0 radical (unpaired) electrons. The van der Waals surface area contributed by atoms with Crippen molar-refractivity contribution in [2.75, 3.05) is 26.2 Å². The summed E-state index contributed by atoms with van der Waals surface area (Å²) in [5, 5.41) is 3.32. The minimum Gasteiger partial charge on any atom is -0.484 e. The van der Waals surface area contributed by atoms with Crippen molar-refractivity contribution in [1.29, 1.82) is 0 Å². The van der Waals surface area contributed by atoms with Crippen molar-refractivity contribution in [3.8, 4) is 5.75 Å². The lowest BCUT2D eigenvalue weighted by Gasteiger charge is -2.28. The average molecular weight is 327 g/mol. The van der Waals surface area contributed by atoms with Crippen LogP contribution in [0.15, 0.2) is 18.2 Å². The first-order valence-electron chi connectivity index (χ1n) is 7.82. The van der Waals surface area contributed by atoms with Gasteiger partial charge in [0.05, 0.1) is 0 Å². The molecule has 0 spiro atoms. The number of nitrogens with zero attached hydrogens (tertiary/aromatic N) is 1. The molecule has 0 aromatic heterocycles. The third-order valence-electron chi connectivity index (χ3n) is 4.10. The van der Waals surface area contributed by atoms with Crippen LogP contribution >= 0.6 is 12.4 Å². The minimum atomic E-state index is 0. The van der Waals surface area contributed by atoms with Crippen molar-refractivity contribution in [2.45, 2.75) is 39.7 Å². The van der Waals surface area contributed by atoms with E-state index in [1.165, 1.54) is 11.1 Å². The number of ether oxygens (including phenoxy) is 1. The van der Waals surface area contributed by atoms with Gasteiger partial charge in [-0.2, -0.15) is 0 Å². The summed E-state index contributed by atoms with van der Waals surface area (Å²) in [5.74, 6) is 0.858. The van der Waals surface area contributed by atoms with E-state index in [4.69, 9.17) is 4.74 Å². The monoisotopic (exact) mass is 326 g/mol. The van der Waals surface area contributed by atoms with Gasteiger partial charge < -0.3 is 15.0 Å². The van der Waals surface area contributed by atoms with E-state index in [0.717, 1.165) is 38.2 Å². The quantitative estimate of drug-likeness (QED) is 0.874. The summed E-state index contributed by atoms with van der Waals surface area (Å²) in [6.07, 6.45) is 2.02. The van der Waals surface area contributed by atoms with E-state index in [1.54, 1.807) is 0 Å². The van der Waals surface area contributed by atoms with Crippen molar-refractivity contribution in [1.82, 2.24) is 10.2 Å². The van der Waals surface area contributed by atoms with Crippen LogP contribution in [0.1, 0.15) is 30.9 Å². The van der Waals surface area contributed by atoms with Crippen LogP contribution in [0, 0.1) is 13.8 Å². The highest BCUT2D eigenvalue weighted by atomic mass is 35.5. The summed E-state index contributed by atoms with van der Waals surface area (Å²) < 4.78 is 5.68. The summed E-state index contributed by atoms with van der Waals surface area (Å²) in [5.41, 5.74) is 2.42. The van der Waals surface area contributed by atoms with Gasteiger partial charge in [0, 0.05) is 19.1 Å². The normalized spacial score (nSPS) is 17.0. The van der Waals surface area contributed by atoms with Crippen molar-refractivity contribution in [2.24, 2.45) is 0 Å². The zero-order valence-electron chi connectivity index (χ0n) is 13.7. The smallest absolute Gasteiger partial charge is 0.260 e. The van der Waals surface area contributed by atoms with Gasteiger partial charge in [0.25, 0.3) is 5.91 Å². The van der Waals surface area contributed by atoms with Crippen molar-refractivity contribution in [3.05, 3.63) is 29.3 Å². The van der Waals surface area contributed by atoms with Gasteiger partial charge in [0.1, 0.15) is 5.75 Å². The highest BCUT2D eigenvalue weighted by Gasteiger charge is 2.25. The second-order valence-electron chi connectivity index (χ2n) is 5.77. The fraction of sp³-hybridized carbons (Fsp3) is 0.588. The standard InChI is InChI=1S/C17H26N2O2.ClH/c1-4-9-19(15-7-8-18-11-15)17(20)12-21-16-6-5-13(2)14(3)10-16;/h5-6,10,15,18H,4,7-9,11-12H2,1-3H3;1H. The van der Waals surface area contributed by atoms with Crippen LogP contribution < -0.4 is 10.1 Å². The van der Waals surface area contributed by atoms with Crippen molar-refractivity contribution < 1.29 is 9.53 Å². The lowest BCUT2D eigenvalue weighted by Crippen LogP contribution is -2.44. The number of halogens is 1. The van der Waals surface area contributed by atoms with E-state index >= 15 is 0 Å². The van der Waals surface area contributed by atoms with Gasteiger partial charge in [-0.3, -0.25) is 4.79 Å². The Bertz CT molecular complexity index is 488. The number of nitrogens with one attached hydrogen (secondary N) is 1. The number of amides is 1. The third-order valence-corrected chi connectivity index (χ3v) is 4.10. The lowest BCUT2D eigenvalue weighted by molar-refractivity contribution is -0.135. The van der Waals surface area contributed by atoms with Gasteiger partial charge in [-0.05, 0) is 56.5 Å². The molecular formula is C17H27ClN2O2. The largest absolute Gasteiger partial charge is 0.484 e. The fourth-order valence-electron chi connectivity index (χ4n) is 2.69. The fourth-order valence-corrected chi connectivity index (χ4v) is 2.69. The first kappa shape index (κ1) is 18.8. The van der Waals surface area contributed by atoms with E-state index in [0.29, 0.717) is 6.04 Å². The third kappa shape index (κ3) is 4.89. The molecule has 22 heavy (non-hydrogen) atoms. The molecule has 0 aliphatic carbocycles. The topological polar surface area (TPSA) is 41.6 Å². The molecular weight excluding hydrogens is 300 g/mol. The Balaban J connectivity index is 0.00000242. The van der Waals surface area contributed by atoms with Crippen LogP contribution in [0.5, 0.6) is 5.75 Å². The molecule has 1 N–H and O–H groups in total. The number of aryl methyl sites for hydroxylation is 2. The summed E-state index contributed by atoms with van der Waals surface area (Å²) in [6, 6.07) is 6.27. The van der Waals surface area contributed by atoms with E-state index in [9.17, 15) is 4.79 Å². The summed E-state index contributed by atoms with van der Waals surface area (Å²) in [7, 11) is 0. The Kier molecular flexibility index (Phi) is 7.69. The molecule has 5 heteroatoms. The highest BCUT2D eigenvalue weighted by molar-refractivity contribution is 5.85. The second-order valence-corrected chi connectivity index (χ2v) is 5.77. The predicted molar refractivity (Wildman–Crippen MR) is 91.9 cm³/mol. The van der Waals surface area contributed by atoms with Crippen LogP contribution in [-0.2, 0) is 4.79 Å². The Morgan fingerprint density at radius 1 is 1.36 bits per heavy atom. The molecule has 1 amide bonds. The Labute approximate surface area is 139 Å².